The highest BCUT2D eigenvalue weighted by atomic mass is 16.5. The predicted molar refractivity (Wildman–Crippen MR) is 61.4 cm³/mol. The van der Waals surface area contributed by atoms with E-state index in [4.69, 9.17) is 9.84 Å². The predicted octanol–water partition coefficient (Wildman–Crippen LogP) is 0.473. The van der Waals surface area contributed by atoms with Crippen molar-refractivity contribution >= 4 is 5.97 Å². The number of rotatable bonds is 9. The molecule has 5 nitrogen and oxygen atoms in total. The van der Waals surface area contributed by atoms with Crippen LogP contribution in [0.2, 0.25) is 0 Å². The average molecular weight is 233 g/mol. The smallest absolute Gasteiger partial charge is 0.306 e. The van der Waals surface area contributed by atoms with Crippen LogP contribution in [-0.2, 0) is 9.53 Å². The number of carboxylic acids is 1. The number of carbonyl (C=O) groups is 1. The van der Waals surface area contributed by atoms with E-state index in [0.29, 0.717) is 19.1 Å². The first-order valence-electron chi connectivity index (χ1n) is 5.68. The third-order valence-electron chi connectivity index (χ3n) is 2.33. The van der Waals surface area contributed by atoms with Gasteiger partial charge in [-0.05, 0) is 12.8 Å². The van der Waals surface area contributed by atoms with Gasteiger partial charge in [0.25, 0.3) is 0 Å². The summed E-state index contributed by atoms with van der Waals surface area (Å²) in [5.74, 6) is -0.608. The Morgan fingerprint density at radius 2 is 2.06 bits per heavy atom. The van der Waals surface area contributed by atoms with E-state index < -0.39 is 12.1 Å². The van der Waals surface area contributed by atoms with Crippen molar-refractivity contribution < 1.29 is 19.7 Å². The summed E-state index contributed by atoms with van der Waals surface area (Å²) in [4.78, 5) is 10.3. The van der Waals surface area contributed by atoms with Gasteiger partial charge in [0.2, 0.25) is 0 Å². The molecule has 0 aliphatic heterocycles. The molecule has 0 saturated carbocycles. The van der Waals surface area contributed by atoms with Crippen molar-refractivity contribution in [2.75, 3.05) is 19.8 Å². The van der Waals surface area contributed by atoms with Crippen LogP contribution in [-0.4, -0.2) is 48.1 Å². The number of aliphatic carboxylic acids is 1. The summed E-state index contributed by atoms with van der Waals surface area (Å²) in [5.41, 5.74) is 0. The molecule has 2 atom stereocenters. The molecule has 16 heavy (non-hydrogen) atoms. The molecule has 3 N–H and O–H groups in total. The molecule has 0 amide bonds. The highest BCUT2D eigenvalue weighted by Crippen LogP contribution is 2.03. The van der Waals surface area contributed by atoms with Gasteiger partial charge in [0, 0.05) is 19.2 Å². The molecule has 2 unspecified atom stereocenters. The summed E-state index contributed by atoms with van der Waals surface area (Å²) in [6, 6.07) is 0.142. The van der Waals surface area contributed by atoms with E-state index in [2.05, 4.69) is 19.2 Å². The van der Waals surface area contributed by atoms with Gasteiger partial charge in [-0.2, -0.15) is 0 Å². The van der Waals surface area contributed by atoms with Gasteiger partial charge >= 0.3 is 5.97 Å². The highest BCUT2D eigenvalue weighted by Gasteiger charge is 2.16. The zero-order chi connectivity index (χ0) is 12.6. The van der Waals surface area contributed by atoms with Crippen LogP contribution in [0.3, 0.4) is 0 Å². The first-order chi connectivity index (χ1) is 7.47. The van der Waals surface area contributed by atoms with Crippen LogP contribution in [0, 0.1) is 5.92 Å². The minimum atomic E-state index is -0.986. The normalized spacial score (nSPS) is 15.1. The molecule has 0 saturated heterocycles. The maximum Gasteiger partial charge on any atom is 0.306 e. The summed E-state index contributed by atoms with van der Waals surface area (Å²) in [7, 11) is 0. The Morgan fingerprint density at radius 1 is 1.44 bits per heavy atom. The summed E-state index contributed by atoms with van der Waals surface area (Å²) >= 11 is 0. The summed E-state index contributed by atoms with van der Waals surface area (Å²) in [6.07, 6.45) is -1.08. The fourth-order valence-corrected chi connectivity index (χ4v) is 1.29. The molecule has 5 heteroatoms. The molecule has 0 aromatic rings. The van der Waals surface area contributed by atoms with Gasteiger partial charge in [-0.15, -0.1) is 0 Å². The van der Waals surface area contributed by atoms with Crippen molar-refractivity contribution in [2.45, 2.75) is 39.3 Å². The lowest BCUT2D eigenvalue weighted by Crippen LogP contribution is -2.42. The van der Waals surface area contributed by atoms with Gasteiger partial charge in [0.1, 0.15) is 0 Å². The number of hydrogen-bond donors (Lipinski definition) is 3. The Kier molecular flexibility index (Phi) is 8.15. The van der Waals surface area contributed by atoms with E-state index in [1.807, 2.05) is 6.92 Å². The fraction of sp³-hybridized carbons (Fsp3) is 0.909. The van der Waals surface area contributed by atoms with Crippen molar-refractivity contribution in [1.29, 1.82) is 0 Å². The molecule has 0 bridgehead atoms. The highest BCUT2D eigenvalue weighted by molar-refractivity contribution is 5.67. The van der Waals surface area contributed by atoms with E-state index in [1.165, 1.54) is 0 Å². The van der Waals surface area contributed by atoms with Crippen molar-refractivity contribution in [3.8, 4) is 0 Å². The molecule has 0 fully saturated rings. The molecule has 0 aliphatic rings. The summed E-state index contributed by atoms with van der Waals surface area (Å²) < 4.78 is 5.31. The number of aliphatic hydroxyl groups excluding tert-OH is 1. The molecular formula is C11H23NO4. The van der Waals surface area contributed by atoms with Crippen LogP contribution in [0.4, 0.5) is 0 Å². The van der Waals surface area contributed by atoms with Gasteiger partial charge in [0.05, 0.1) is 19.1 Å². The molecular weight excluding hydrogens is 210 g/mol. The minimum absolute atomic E-state index is 0.142. The van der Waals surface area contributed by atoms with Crippen LogP contribution < -0.4 is 5.32 Å². The zero-order valence-electron chi connectivity index (χ0n) is 10.3. The van der Waals surface area contributed by atoms with Gasteiger partial charge in [0.15, 0.2) is 0 Å². The quantitative estimate of drug-likeness (QED) is 0.539. The molecule has 96 valence electrons. The fourth-order valence-electron chi connectivity index (χ4n) is 1.29. The standard InChI is InChI=1S/C11H23NO4/c1-4-16-7-10(8(2)3)12-6-9(13)5-11(14)15/h8-10,12-13H,4-7H2,1-3H3,(H,14,15). The topological polar surface area (TPSA) is 78.8 Å². The molecule has 0 rings (SSSR count). The largest absolute Gasteiger partial charge is 0.481 e. The van der Waals surface area contributed by atoms with E-state index >= 15 is 0 Å². The molecule has 0 aromatic heterocycles. The minimum Gasteiger partial charge on any atom is -0.481 e. The number of aliphatic hydroxyl groups is 1. The Bertz CT molecular complexity index is 196. The first-order valence-corrected chi connectivity index (χ1v) is 5.68. The second-order valence-corrected chi connectivity index (χ2v) is 4.17. The molecule has 0 radical (unpaired) electrons. The third-order valence-corrected chi connectivity index (χ3v) is 2.33. The maximum atomic E-state index is 10.3. The average Bonchev–Trinajstić information content (AvgIpc) is 2.16. The summed E-state index contributed by atoms with van der Waals surface area (Å²) in [5, 5.41) is 21.0. The maximum absolute atomic E-state index is 10.3. The van der Waals surface area contributed by atoms with Gasteiger partial charge in [-0.3, -0.25) is 4.79 Å². The van der Waals surface area contributed by atoms with Gasteiger partial charge < -0.3 is 20.3 Å². The number of nitrogens with one attached hydrogen (secondary N) is 1. The zero-order valence-corrected chi connectivity index (χ0v) is 10.3. The van der Waals surface area contributed by atoms with E-state index in [0.717, 1.165) is 0 Å². The van der Waals surface area contributed by atoms with Crippen molar-refractivity contribution in [2.24, 2.45) is 5.92 Å². The van der Waals surface area contributed by atoms with Crippen LogP contribution in [0.5, 0.6) is 0 Å². The first kappa shape index (κ1) is 15.3. The Balaban J connectivity index is 3.86. The van der Waals surface area contributed by atoms with E-state index in [-0.39, 0.29) is 19.0 Å². The Hall–Kier alpha value is -0.650. The SMILES string of the molecule is CCOCC(NCC(O)CC(=O)O)C(C)C. The van der Waals surface area contributed by atoms with Crippen LogP contribution in [0.1, 0.15) is 27.2 Å². The molecule has 0 spiro atoms. The monoisotopic (exact) mass is 233 g/mol. The van der Waals surface area contributed by atoms with E-state index in [9.17, 15) is 9.90 Å². The Labute approximate surface area is 96.8 Å². The van der Waals surface area contributed by atoms with Crippen molar-refractivity contribution in [3.05, 3.63) is 0 Å². The lowest BCUT2D eigenvalue weighted by molar-refractivity contribution is -0.139. The second-order valence-electron chi connectivity index (χ2n) is 4.17. The van der Waals surface area contributed by atoms with Gasteiger partial charge in [-0.1, -0.05) is 13.8 Å². The summed E-state index contributed by atoms with van der Waals surface area (Å²) in [6.45, 7) is 7.55. The lowest BCUT2D eigenvalue weighted by atomic mass is 10.1. The van der Waals surface area contributed by atoms with Gasteiger partial charge in [-0.25, -0.2) is 0 Å². The Morgan fingerprint density at radius 3 is 2.50 bits per heavy atom. The van der Waals surface area contributed by atoms with Crippen LogP contribution in [0.15, 0.2) is 0 Å². The van der Waals surface area contributed by atoms with Crippen LogP contribution in [0.25, 0.3) is 0 Å². The molecule has 0 aliphatic carbocycles. The van der Waals surface area contributed by atoms with Crippen LogP contribution >= 0.6 is 0 Å². The second kappa shape index (κ2) is 8.50. The molecule has 0 heterocycles. The third kappa shape index (κ3) is 7.62. The number of hydrogen-bond acceptors (Lipinski definition) is 4. The van der Waals surface area contributed by atoms with E-state index in [1.54, 1.807) is 0 Å². The lowest BCUT2D eigenvalue weighted by Gasteiger charge is -2.23. The number of ether oxygens (including phenoxy) is 1. The van der Waals surface area contributed by atoms with Crippen molar-refractivity contribution in [3.63, 3.8) is 0 Å². The molecule has 0 aromatic carbocycles. The number of carboxylic acid groups (broad SMARTS) is 1. The van der Waals surface area contributed by atoms with Crippen molar-refractivity contribution in [1.82, 2.24) is 5.32 Å².